The number of carbonyl (C=O) groups is 2. The van der Waals surface area contributed by atoms with Gasteiger partial charge in [0.1, 0.15) is 12.3 Å². The van der Waals surface area contributed by atoms with Gasteiger partial charge in [-0.25, -0.2) is 14.5 Å². The Morgan fingerprint density at radius 1 is 1.08 bits per heavy atom. The molecule has 0 spiro atoms. The van der Waals surface area contributed by atoms with E-state index in [1.807, 2.05) is 30.3 Å². The zero-order valence-corrected chi connectivity index (χ0v) is 27.9. The summed E-state index contributed by atoms with van der Waals surface area (Å²) in [7, 11) is 1.41. The average Bonchev–Trinajstić information content (AvgIpc) is 3.67. The molecule has 1 aliphatic heterocycles. The summed E-state index contributed by atoms with van der Waals surface area (Å²) < 4.78 is 19.5. The summed E-state index contributed by atoms with van der Waals surface area (Å²) in [6, 6.07) is 19.2. The lowest BCUT2D eigenvalue weighted by Gasteiger charge is -2.25. The van der Waals surface area contributed by atoms with Crippen molar-refractivity contribution in [3.05, 3.63) is 144 Å². The lowest BCUT2D eigenvalue weighted by molar-refractivity contribution is -0.384. The number of ether oxygens (including phenoxy) is 3. The summed E-state index contributed by atoms with van der Waals surface area (Å²) >= 11 is 1.11. The molecule has 0 fully saturated rings. The molecule has 14 heteroatoms. The Balaban J connectivity index is 1.56. The minimum absolute atomic E-state index is 0.0622. The van der Waals surface area contributed by atoms with Crippen LogP contribution in [0.5, 0.6) is 11.5 Å². The normalized spacial score (nSPS) is 14.1. The van der Waals surface area contributed by atoms with Crippen LogP contribution in [0.1, 0.15) is 31.0 Å². The van der Waals surface area contributed by atoms with Gasteiger partial charge in [0, 0.05) is 36.4 Å². The van der Waals surface area contributed by atoms with Crippen molar-refractivity contribution in [2.24, 2.45) is 4.99 Å². The summed E-state index contributed by atoms with van der Waals surface area (Å²) in [6.07, 6.45) is 4.82. The highest BCUT2D eigenvalue weighted by atomic mass is 32.1. The molecule has 3 aromatic carbocycles. The van der Waals surface area contributed by atoms with Gasteiger partial charge in [-0.15, -0.1) is 0 Å². The van der Waals surface area contributed by atoms with Crippen molar-refractivity contribution in [3.8, 4) is 28.4 Å². The number of nitro benzene ring substituents is 1. The smallest absolute Gasteiger partial charge is 0.338 e. The molecule has 13 nitrogen and oxygen atoms in total. The molecule has 5 aromatic rings. The minimum Gasteiger partial charge on any atom is -0.493 e. The largest absolute Gasteiger partial charge is 0.493 e. The third-order valence-electron chi connectivity index (χ3n) is 7.71. The monoisotopic (exact) mass is 691 g/mol. The number of thiazole rings is 1. The number of rotatable bonds is 10. The van der Waals surface area contributed by atoms with E-state index in [9.17, 15) is 24.5 Å². The maximum absolute atomic E-state index is 14.4. The summed E-state index contributed by atoms with van der Waals surface area (Å²) in [5.41, 5.74) is 2.53. The Morgan fingerprint density at radius 2 is 1.86 bits per heavy atom. The van der Waals surface area contributed by atoms with Crippen molar-refractivity contribution in [1.82, 2.24) is 14.3 Å². The Kier molecular flexibility index (Phi) is 9.36. The van der Waals surface area contributed by atoms with Crippen molar-refractivity contribution in [1.29, 1.82) is 0 Å². The van der Waals surface area contributed by atoms with Crippen LogP contribution in [0, 0.1) is 10.1 Å². The third kappa shape index (κ3) is 6.51. The maximum Gasteiger partial charge on any atom is 0.338 e. The molecule has 2 aromatic heterocycles. The van der Waals surface area contributed by atoms with Gasteiger partial charge in [-0.05, 0) is 42.8 Å². The van der Waals surface area contributed by atoms with Crippen LogP contribution in [0.15, 0.2) is 113 Å². The second-order valence-electron chi connectivity index (χ2n) is 11.0. The van der Waals surface area contributed by atoms with Crippen molar-refractivity contribution < 1.29 is 28.7 Å². The summed E-state index contributed by atoms with van der Waals surface area (Å²) in [4.78, 5) is 55.7. The molecule has 0 radical (unpaired) electrons. The molecule has 0 saturated heterocycles. The Morgan fingerprint density at radius 3 is 2.56 bits per heavy atom. The Labute approximate surface area is 288 Å². The van der Waals surface area contributed by atoms with E-state index in [1.54, 1.807) is 48.1 Å². The first-order valence-electron chi connectivity index (χ1n) is 15.2. The number of allylic oxidation sites excluding steroid dienone is 1. The van der Waals surface area contributed by atoms with Gasteiger partial charge in [-0.3, -0.25) is 24.3 Å². The van der Waals surface area contributed by atoms with Gasteiger partial charge < -0.3 is 14.2 Å². The molecule has 1 atom stereocenters. The number of aromatic nitrogens is 3. The number of fused-ring (bicyclic) bond motifs is 1. The van der Waals surface area contributed by atoms with Crippen LogP contribution in [0.2, 0.25) is 0 Å². The first-order valence-corrected chi connectivity index (χ1v) is 16.0. The zero-order chi connectivity index (χ0) is 35.5. The molecule has 0 aliphatic carbocycles. The second kappa shape index (κ2) is 14.0. The van der Waals surface area contributed by atoms with Crippen LogP contribution in [-0.2, 0) is 14.3 Å². The van der Waals surface area contributed by atoms with Crippen LogP contribution in [0.25, 0.3) is 23.0 Å². The van der Waals surface area contributed by atoms with E-state index < -0.39 is 28.5 Å². The zero-order valence-electron chi connectivity index (χ0n) is 27.1. The number of hydrogen-bond donors (Lipinski definition) is 0. The van der Waals surface area contributed by atoms with Gasteiger partial charge in [-0.2, -0.15) is 5.10 Å². The van der Waals surface area contributed by atoms with Gasteiger partial charge in [0.2, 0.25) is 0 Å². The molecule has 0 bridgehead atoms. The summed E-state index contributed by atoms with van der Waals surface area (Å²) in [6.45, 7) is 6.47. The van der Waals surface area contributed by atoms with Crippen LogP contribution < -0.4 is 24.4 Å². The molecule has 0 saturated carbocycles. The molecular formula is C36H29N5O8S. The van der Waals surface area contributed by atoms with Gasteiger partial charge in [0.25, 0.3) is 11.2 Å². The number of nitro groups is 1. The van der Waals surface area contributed by atoms with Crippen LogP contribution in [0.4, 0.5) is 5.69 Å². The average molecular weight is 692 g/mol. The standard InChI is InChI=1S/C36H29N5O8S/c1-5-16-48-35(44)31-21(2)37-36-40(33(31)24-14-15-28(49-22(3)42)29(18-24)47-4)34(43)30(50-36)19-25-20-39(26-11-7-6-8-12-26)38-32(25)23-10-9-13-27(17-23)41(45)46/h5-15,17-20,33H,1,16H2,2-4H3/b30-19-. The van der Waals surface area contributed by atoms with Crippen molar-refractivity contribution >= 4 is 35.0 Å². The molecule has 1 unspecified atom stereocenters. The molecule has 0 amide bonds. The molecule has 50 heavy (non-hydrogen) atoms. The molecule has 0 N–H and O–H groups in total. The first kappa shape index (κ1) is 33.5. The fourth-order valence-electron chi connectivity index (χ4n) is 5.54. The minimum atomic E-state index is -0.991. The summed E-state index contributed by atoms with van der Waals surface area (Å²) in [5.74, 6) is -0.862. The van der Waals surface area contributed by atoms with E-state index in [1.165, 1.54) is 42.9 Å². The summed E-state index contributed by atoms with van der Waals surface area (Å²) in [5, 5.41) is 16.4. The number of benzene rings is 3. The fourth-order valence-corrected chi connectivity index (χ4v) is 6.58. The second-order valence-corrected chi connectivity index (χ2v) is 12.0. The highest BCUT2D eigenvalue weighted by molar-refractivity contribution is 7.07. The number of methoxy groups -OCH3 is 1. The first-order chi connectivity index (χ1) is 24.1. The van der Waals surface area contributed by atoms with Gasteiger partial charge in [-0.1, -0.05) is 60.4 Å². The quantitative estimate of drug-likeness (QED) is 0.0668. The molecule has 6 rings (SSSR count). The molecule has 3 heterocycles. The fraction of sp³-hybridized carbons (Fsp3) is 0.139. The number of non-ortho nitro benzene ring substituents is 1. The van der Waals surface area contributed by atoms with Crippen LogP contribution in [-0.4, -0.2) is 44.9 Å². The predicted molar refractivity (Wildman–Crippen MR) is 185 cm³/mol. The lowest BCUT2D eigenvalue weighted by atomic mass is 9.95. The van der Waals surface area contributed by atoms with Gasteiger partial charge in [0.15, 0.2) is 16.3 Å². The van der Waals surface area contributed by atoms with Crippen LogP contribution in [0.3, 0.4) is 0 Å². The number of esters is 2. The number of nitrogens with zero attached hydrogens (tertiary/aromatic N) is 5. The van der Waals surface area contributed by atoms with E-state index >= 15 is 0 Å². The van der Waals surface area contributed by atoms with Crippen molar-refractivity contribution in [2.45, 2.75) is 19.9 Å². The number of hydrogen-bond acceptors (Lipinski definition) is 11. The lowest BCUT2D eigenvalue weighted by Crippen LogP contribution is -2.40. The maximum atomic E-state index is 14.4. The van der Waals surface area contributed by atoms with E-state index in [-0.39, 0.29) is 33.9 Å². The van der Waals surface area contributed by atoms with E-state index in [0.717, 1.165) is 17.0 Å². The van der Waals surface area contributed by atoms with Crippen molar-refractivity contribution in [2.75, 3.05) is 13.7 Å². The topological polar surface area (TPSA) is 157 Å². The highest BCUT2D eigenvalue weighted by Crippen LogP contribution is 2.36. The predicted octanol–water partition coefficient (Wildman–Crippen LogP) is 4.66. The molecule has 1 aliphatic rings. The van der Waals surface area contributed by atoms with Crippen LogP contribution >= 0.6 is 11.3 Å². The van der Waals surface area contributed by atoms with Gasteiger partial charge in [0.05, 0.1) is 39.6 Å². The number of para-hydroxylation sites is 1. The Bertz CT molecular complexity index is 2390. The third-order valence-corrected chi connectivity index (χ3v) is 8.69. The van der Waals surface area contributed by atoms with Crippen molar-refractivity contribution in [3.63, 3.8) is 0 Å². The molecule has 252 valence electrons. The number of carbonyl (C=O) groups excluding carboxylic acids is 2. The molecular weight excluding hydrogens is 662 g/mol. The van der Waals surface area contributed by atoms with E-state index in [4.69, 9.17) is 19.3 Å². The van der Waals surface area contributed by atoms with Gasteiger partial charge >= 0.3 is 11.9 Å². The van der Waals surface area contributed by atoms with E-state index in [0.29, 0.717) is 32.9 Å². The highest BCUT2D eigenvalue weighted by Gasteiger charge is 2.34. The SMILES string of the molecule is C=CCOC(=O)C1=C(C)N=c2s/c(=C\c3cn(-c4ccccc4)nc3-c3cccc([N+](=O)[O-])c3)c(=O)n2C1c1ccc(OC(C)=O)c(OC)c1. The Hall–Kier alpha value is -6.41. The van der Waals surface area contributed by atoms with E-state index in [2.05, 4.69) is 11.6 Å².